The molecule has 24 heavy (non-hydrogen) atoms. The van der Waals surface area contributed by atoms with Gasteiger partial charge in [-0.15, -0.1) is 0 Å². The smallest absolute Gasteiger partial charge is 0.277 e. The second-order valence-corrected chi connectivity index (χ2v) is 4.83. The normalized spacial score (nSPS) is 11.0. The van der Waals surface area contributed by atoms with Crippen molar-refractivity contribution in [3.8, 4) is 17.2 Å². The Labute approximate surface area is 138 Å². The van der Waals surface area contributed by atoms with Gasteiger partial charge in [-0.3, -0.25) is 4.79 Å². The van der Waals surface area contributed by atoms with E-state index >= 15 is 0 Å². The molecule has 0 saturated heterocycles. The molecule has 0 saturated carbocycles. The van der Waals surface area contributed by atoms with Crippen LogP contribution in [0.15, 0.2) is 47.6 Å². The summed E-state index contributed by atoms with van der Waals surface area (Å²) in [7, 11) is 1.50. The molecule has 0 aliphatic heterocycles. The third-order valence-electron chi connectivity index (χ3n) is 3.12. The molecule has 1 amide bonds. The average molecular weight is 332 g/mol. The van der Waals surface area contributed by atoms with Crippen molar-refractivity contribution in [1.29, 1.82) is 0 Å². The predicted octanol–water partition coefficient (Wildman–Crippen LogP) is 2.46. The Balaban J connectivity index is 1.96. The highest BCUT2D eigenvalue weighted by molar-refractivity contribution is 6.01. The number of carbonyl (C=O) groups excluding carboxylic acids is 1. The minimum absolute atomic E-state index is 0.128. The van der Waals surface area contributed by atoms with Gasteiger partial charge in [0, 0.05) is 5.56 Å². The number of phenolic OH excluding ortho intramolecular Hbond substituents is 1. The first-order valence-electron chi connectivity index (χ1n) is 7.09. The van der Waals surface area contributed by atoms with Crippen LogP contribution in [0.4, 0.5) is 4.39 Å². The van der Waals surface area contributed by atoms with Crippen LogP contribution in [0.5, 0.6) is 17.2 Å². The second-order valence-electron chi connectivity index (χ2n) is 4.83. The van der Waals surface area contributed by atoms with E-state index in [4.69, 9.17) is 9.47 Å². The fourth-order valence-electron chi connectivity index (χ4n) is 1.92. The summed E-state index contributed by atoms with van der Waals surface area (Å²) in [5.74, 6) is -0.204. The lowest BCUT2D eigenvalue weighted by Gasteiger charge is -2.09. The maximum atomic E-state index is 13.2. The van der Waals surface area contributed by atoms with E-state index in [-0.39, 0.29) is 23.6 Å². The molecule has 126 valence electrons. The number of halogens is 1. The van der Waals surface area contributed by atoms with E-state index in [1.807, 2.05) is 0 Å². The number of hydrogen-bond acceptors (Lipinski definition) is 5. The predicted molar refractivity (Wildman–Crippen MR) is 86.9 cm³/mol. The summed E-state index contributed by atoms with van der Waals surface area (Å²) >= 11 is 0. The van der Waals surface area contributed by atoms with Gasteiger partial charge in [-0.2, -0.15) is 5.10 Å². The van der Waals surface area contributed by atoms with E-state index in [1.165, 1.54) is 20.1 Å². The number of hydrogen-bond donors (Lipinski definition) is 2. The van der Waals surface area contributed by atoms with E-state index in [0.29, 0.717) is 11.5 Å². The van der Waals surface area contributed by atoms with Gasteiger partial charge in [0.25, 0.3) is 5.91 Å². The van der Waals surface area contributed by atoms with E-state index in [2.05, 4.69) is 10.5 Å². The molecular formula is C17H17FN2O4. The molecule has 6 nitrogen and oxygen atoms in total. The van der Waals surface area contributed by atoms with Gasteiger partial charge in [-0.05, 0) is 37.3 Å². The molecule has 2 N–H and O–H groups in total. The first-order chi connectivity index (χ1) is 11.5. The number of nitrogens with one attached hydrogen (secondary N) is 1. The van der Waals surface area contributed by atoms with Crippen LogP contribution >= 0.6 is 0 Å². The Morgan fingerprint density at radius 1 is 1.25 bits per heavy atom. The Morgan fingerprint density at radius 2 is 1.96 bits per heavy atom. The zero-order valence-electron chi connectivity index (χ0n) is 13.2. The number of hydrazone groups is 1. The molecule has 0 aliphatic carbocycles. The van der Waals surface area contributed by atoms with Gasteiger partial charge in [0.1, 0.15) is 11.6 Å². The van der Waals surface area contributed by atoms with Crippen LogP contribution in [0.1, 0.15) is 12.5 Å². The highest BCUT2D eigenvalue weighted by atomic mass is 19.1. The van der Waals surface area contributed by atoms with Crippen molar-refractivity contribution in [1.82, 2.24) is 5.43 Å². The number of carbonyl (C=O) groups is 1. The maximum absolute atomic E-state index is 13.2. The summed E-state index contributed by atoms with van der Waals surface area (Å²) in [6.07, 6.45) is 0. The number of benzene rings is 2. The fraction of sp³-hybridized carbons (Fsp3) is 0.176. The summed E-state index contributed by atoms with van der Waals surface area (Å²) < 4.78 is 23.7. The van der Waals surface area contributed by atoms with Crippen LogP contribution in [0, 0.1) is 5.82 Å². The van der Waals surface area contributed by atoms with Gasteiger partial charge in [-0.25, -0.2) is 9.82 Å². The molecule has 0 aliphatic rings. The van der Waals surface area contributed by atoms with Crippen LogP contribution in [-0.2, 0) is 4.79 Å². The number of ether oxygens (including phenoxy) is 2. The molecule has 0 fully saturated rings. The lowest BCUT2D eigenvalue weighted by Crippen LogP contribution is -2.25. The van der Waals surface area contributed by atoms with Crippen molar-refractivity contribution in [2.24, 2.45) is 5.10 Å². The third kappa shape index (κ3) is 4.45. The van der Waals surface area contributed by atoms with Gasteiger partial charge < -0.3 is 14.6 Å². The van der Waals surface area contributed by atoms with E-state index in [9.17, 15) is 14.3 Å². The van der Waals surface area contributed by atoms with E-state index < -0.39 is 11.7 Å². The van der Waals surface area contributed by atoms with Crippen molar-refractivity contribution in [2.45, 2.75) is 6.92 Å². The lowest BCUT2D eigenvalue weighted by molar-refractivity contribution is -0.123. The summed E-state index contributed by atoms with van der Waals surface area (Å²) in [5, 5.41) is 13.5. The Hall–Kier alpha value is -3.09. The minimum Gasteiger partial charge on any atom is -0.507 e. The van der Waals surface area contributed by atoms with Crippen molar-refractivity contribution in [3.05, 3.63) is 53.8 Å². The molecule has 0 unspecified atom stereocenters. The summed E-state index contributed by atoms with van der Waals surface area (Å²) in [6, 6.07) is 10.4. The van der Waals surface area contributed by atoms with Crippen molar-refractivity contribution in [3.63, 3.8) is 0 Å². The molecule has 0 aromatic heterocycles. The molecule has 0 radical (unpaired) electrons. The minimum atomic E-state index is -0.511. The number of phenols is 1. The van der Waals surface area contributed by atoms with Crippen LogP contribution in [-0.4, -0.2) is 30.4 Å². The molecule has 7 heteroatoms. The van der Waals surface area contributed by atoms with E-state index in [1.54, 1.807) is 24.3 Å². The fourth-order valence-corrected chi connectivity index (χ4v) is 1.92. The first-order valence-corrected chi connectivity index (χ1v) is 7.09. The monoisotopic (exact) mass is 332 g/mol. The molecule has 0 bridgehead atoms. The van der Waals surface area contributed by atoms with Crippen LogP contribution in [0.2, 0.25) is 0 Å². The Bertz CT molecular complexity index is 762. The topological polar surface area (TPSA) is 80.2 Å². The average Bonchev–Trinajstić information content (AvgIpc) is 2.60. The first kappa shape index (κ1) is 17.3. The molecule has 2 rings (SSSR count). The van der Waals surface area contributed by atoms with Gasteiger partial charge in [0.15, 0.2) is 18.1 Å². The summed E-state index contributed by atoms with van der Waals surface area (Å²) in [4.78, 5) is 11.8. The number of methoxy groups -OCH3 is 1. The van der Waals surface area contributed by atoms with Crippen molar-refractivity contribution in [2.75, 3.05) is 13.7 Å². The van der Waals surface area contributed by atoms with Gasteiger partial charge >= 0.3 is 0 Å². The molecule has 2 aromatic rings. The highest BCUT2D eigenvalue weighted by Gasteiger charge is 2.09. The van der Waals surface area contributed by atoms with Crippen LogP contribution in [0.3, 0.4) is 0 Å². The van der Waals surface area contributed by atoms with Gasteiger partial charge in [-0.1, -0.05) is 12.1 Å². The molecule has 0 atom stereocenters. The van der Waals surface area contributed by atoms with Gasteiger partial charge in [0.2, 0.25) is 0 Å². The molecule has 2 aromatic carbocycles. The van der Waals surface area contributed by atoms with Crippen LogP contribution < -0.4 is 14.9 Å². The summed E-state index contributed by atoms with van der Waals surface area (Å²) in [6.45, 7) is 1.27. The Kier molecular flexibility index (Phi) is 5.73. The molecular weight excluding hydrogens is 315 g/mol. The SMILES string of the molecule is COc1ccccc1OCC(=O)N/N=C(\C)c1cc(F)ccc1O. The van der Waals surface area contributed by atoms with Crippen LogP contribution in [0.25, 0.3) is 0 Å². The maximum Gasteiger partial charge on any atom is 0.277 e. The number of rotatable bonds is 6. The van der Waals surface area contributed by atoms with E-state index in [0.717, 1.165) is 12.1 Å². The number of para-hydroxylation sites is 2. The summed E-state index contributed by atoms with van der Waals surface area (Å²) in [5.41, 5.74) is 2.74. The van der Waals surface area contributed by atoms with Crippen molar-refractivity contribution >= 4 is 11.6 Å². The number of nitrogens with zero attached hydrogens (tertiary/aromatic N) is 1. The largest absolute Gasteiger partial charge is 0.507 e. The lowest BCUT2D eigenvalue weighted by atomic mass is 10.1. The standard InChI is InChI=1S/C17H17FN2O4/c1-11(13-9-12(18)7-8-14(13)21)19-20-17(22)10-24-16-6-4-3-5-15(16)23-2/h3-9,21H,10H2,1-2H3,(H,20,22)/b19-11+. The number of amides is 1. The second kappa shape index (κ2) is 7.96. The zero-order valence-corrected chi connectivity index (χ0v) is 13.2. The third-order valence-corrected chi connectivity index (χ3v) is 3.12. The molecule has 0 heterocycles. The molecule has 0 spiro atoms. The quantitative estimate of drug-likeness (QED) is 0.629. The number of aromatic hydroxyl groups is 1. The highest BCUT2D eigenvalue weighted by Crippen LogP contribution is 2.25. The zero-order chi connectivity index (χ0) is 17.5. The Morgan fingerprint density at radius 3 is 2.67 bits per heavy atom. The van der Waals surface area contributed by atoms with Gasteiger partial charge in [0.05, 0.1) is 12.8 Å². The van der Waals surface area contributed by atoms with Crippen molar-refractivity contribution < 1.29 is 23.8 Å².